The van der Waals surface area contributed by atoms with E-state index in [1.165, 1.54) is 25.7 Å². The van der Waals surface area contributed by atoms with Crippen LogP contribution in [0.2, 0.25) is 0 Å². The topological polar surface area (TPSA) is 60.9 Å². The van der Waals surface area contributed by atoms with Gasteiger partial charge in [0.2, 0.25) is 0 Å². The maximum absolute atomic E-state index is 12.7. The average Bonchev–Trinajstić information content (AvgIpc) is 3.30. The van der Waals surface area contributed by atoms with Crippen LogP contribution in [0.15, 0.2) is 0 Å². The summed E-state index contributed by atoms with van der Waals surface area (Å²) in [5.41, 5.74) is 0. The predicted octanol–water partition coefficient (Wildman–Crippen LogP) is 2.02. The van der Waals surface area contributed by atoms with Crippen LogP contribution in [-0.4, -0.2) is 52.6 Å². The number of nitrogens with zero attached hydrogens (tertiary/aromatic N) is 2. The number of carboxylic acid groups (broad SMARTS) is 1. The van der Waals surface area contributed by atoms with Crippen LogP contribution in [-0.2, 0) is 4.79 Å². The summed E-state index contributed by atoms with van der Waals surface area (Å²) >= 11 is 0. The highest BCUT2D eigenvalue weighted by Crippen LogP contribution is 2.35. The fourth-order valence-corrected chi connectivity index (χ4v) is 3.18. The van der Waals surface area contributed by atoms with E-state index in [-0.39, 0.29) is 12.1 Å². The lowest BCUT2D eigenvalue weighted by atomic mass is 10.0. The Hall–Kier alpha value is -1.26. The SMILES string of the molecule is CC1C(C(=O)O)CCN1C(=O)N(CC1CC1)CC1CC1. The predicted molar refractivity (Wildman–Crippen MR) is 74.3 cm³/mol. The molecule has 2 saturated carbocycles. The molecule has 2 atom stereocenters. The summed E-state index contributed by atoms with van der Waals surface area (Å²) in [7, 11) is 0. The van der Waals surface area contributed by atoms with Crippen LogP contribution in [0.4, 0.5) is 4.79 Å². The summed E-state index contributed by atoms with van der Waals surface area (Å²) in [4.78, 5) is 27.7. The molecule has 3 rings (SSSR count). The number of aliphatic carboxylic acids is 1. The van der Waals surface area contributed by atoms with Crippen molar-refractivity contribution in [1.29, 1.82) is 0 Å². The molecule has 0 spiro atoms. The van der Waals surface area contributed by atoms with Crippen molar-refractivity contribution in [2.45, 2.75) is 45.1 Å². The van der Waals surface area contributed by atoms with Gasteiger partial charge < -0.3 is 14.9 Å². The molecule has 1 aliphatic heterocycles. The molecule has 2 aliphatic carbocycles. The van der Waals surface area contributed by atoms with E-state index in [9.17, 15) is 14.7 Å². The third-order valence-electron chi connectivity index (χ3n) is 4.94. The molecule has 0 aromatic heterocycles. The van der Waals surface area contributed by atoms with Crippen molar-refractivity contribution in [3.8, 4) is 0 Å². The van der Waals surface area contributed by atoms with Crippen LogP contribution in [0, 0.1) is 17.8 Å². The second-order valence-corrected chi connectivity index (χ2v) is 6.74. The van der Waals surface area contributed by atoms with E-state index in [1.807, 2.05) is 11.8 Å². The molecule has 0 radical (unpaired) electrons. The molecule has 1 N–H and O–H groups in total. The number of carboxylic acids is 1. The molecule has 2 amide bonds. The van der Waals surface area contributed by atoms with Crippen molar-refractivity contribution < 1.29 is 14.7 Å². The van der Waals surface area contributed by atoms with Crippen LogP contribution >= 0.6 is 0 Å². The van der Waals surface area contributed by atoms with Crippen LogP contribution in [0.25, 0.3) is 0 Å². The summed E-state index contributed by atoms with van der Waals surface area (Å²) in [6, 6.07) is -0.110. The molecule has 0 aromatic rings. The number of hydrogen-bond donors (Lipinski definition) is 1. The van der Waals surface area contributed by atoms with Crippen LogP contribution < -0.4 is 0 Å². The van der Waals surface area contributed by atoms with Crippen molar-refractivity contribution in [1.82, 2.24) is 9.80 Å². The highest BCUT2D eigenvalue weighted by Gasteiger charge is 2.41. The van der Waals surface area contributed by atoms with Gasteiger partial charge in [-0.15, -0.1) is 0 Å². The van der Waals surface area contributed by atoms with Crippen molar-refractivity contribution in [2.75, 3.05) is 19.6 Å². The second-order valence-electron chi connectivity index (χ2n) is 6.74. The number of hydrogen-bond acceptors (Lipinski definition) is 2. The molecule has 1 saturated heterocycles. The minimum Gasteiger partial charge on any atom is -0.481 e. The first-order valence-corrected chi connectivity index (χ1v) is 7.84. The van der Waals surface area contributed by atoms with Crippen molar-refractivity contribution >= 4 is 12.0 Å². The van der Waals surface area contributed by atoms with Gasteiger partial charge in [0.15, 0.2) is 0 Å². The molecule has 0 aromatic carbocycles. The van der Waals surface area contributed by atoms with Crippen molar-refractivity contribution in [2.24, 2.45) is 17.8 Å². The quantitative estimate of drug-likeness (QED) is 0.838. The van der Waals surface area contributed by atoms with Gasteiger partial charge in [-0.05, 0) is 50.9 Å². The molecular formula is C15H24N2O3. The summed E-state index contributed by atoms with van der Waals surface area (Å²) in [5, 5.41) is 9.18. The summed E-state index contributed by atoms with van der Waals surface area (Å²) in [6.07, 6.45) is 5.54. The number of urea groups is 1. The first-order valence-electron chi connectivity index (χ1n) is 7.84. The Morgan fingerprint density at radius 1 is 1.10 bits per heavy atom. The molecule has 20 heavy (non-hydrogen) atoms. The smallest absolute Gasteiger partial charge is 0.320 e. The standard InChI is InChI=1S/C15H24N2O3/c1-10-13(14(18)19)6-7-17(10)15(20)16(8-11-2-3-11)9-12-4-5-12/h10-13H,2-9H2,1H3,(H,18,19). The number of amides is 2. The number of carbonyl (C=O) groups excluding carboxylic acids is 1. The number of carbonyl (C=O) groups is 2. The lowest BCUT2D eigenvalue weighted by molar-refractivity contribution is -0.142. The lowest BCUT2D eigenvalue weighted by Crippen LogP contribution is -2.47. The van der Waals surface area contributed by atoms with E-state index >= 15 is 0 Å². The Labute approximate surface area is 119 Å². The van der Waals surface area contributed by atoms with Gasteiger partial charge in [-0.1, -0.05) is 0 Å². The first-order chi connectivity index (χ1) is 9.56. The monoisotopic (exact) mass is 280 g/mol. The Morgan fingerprint density at radius 2 is 1.65 bits per heavy atom. The third-order valence-corrected chi connectivity index (χ3v) is 4.94. The molecule has 2 unspecified atom stereocenters. The number of likely N-dealkylation sites (tertiary alicyclic amines) is 1. The molecular weight excluding hydrogens is 256 g/mol. The van der Waals surface area contributed by atoms with E-state index in [1.54, 1.807) is 4.90 Å². The molecule has 5 heteroatoms. The van der Waals surface area contributed by atoms with Crippen molar-refractivity contribution in [3.05, 3.63) is 0 Å². The maximum atomic E-state index is 12.7. The Balaban J connectivity index is 1.63. The zero-order chi connectivity index (χ0) is 14.3. The highest BCUT2D eigenvalue weighted by atomic mass is 16.4. The number of rotatable bonds is 5. The largest absolute Gasteiger partial charge is 0.481 e. The Morgan fingerprint density at radius 3 is 2.05 bits per heavy atom. The van der Waals surface area contributed by atoms with Gasteiger partial charge in [0, 0.05) is 25.7 Å². The Kier molecular flexibility index (Phi) is 3.61. The first kappa shape index (κ1) is 13.7. The van der Waals surface area contributed by atoms with Crippen LogP contribution in [0.5, 0.6) is 0 Å². The maximum Gasteiger partial charge on any atom is 0.320 e. The van der Waals surface area contributed by atoms with E-state index in [4.69, 9.17) is 0 Å². The second kappa shape index (κ2) is 5.26. The normalized spacial score (nSPS) is 29.6. The zero-order valence-electron chi connectivity index (χ0n) is 12.1. The fraction of sp³-hybridized carbons (Fsp3) is 0.867. The fourth-order valence-electron chi connectivity index (χ4n) is 3.18. The van der Waals surface area contributed by atoms with Crippen molar-refractivity contribution in [3.63, 3.8) is 0 Å². The third kappa shape index (κ3) is 2.91. The molecule has 3 fully saturated rings. The van der Waals surface area contributed by atoms with E-state index in [2.05, 4.69) is 0 Å². The molecule has 5 nitrogen and oxygen atoms in total. The molecule has 112 valence electrons. The molecule has 3 aliphatic rings. The minimum absolute atomic E-state index is 0.0695. The molecule has 1 heterocycles. The summed E-state index contributed by atoms with van der Waals surface area (Å²) in [6.45, 7) is 4.20. The molecule has 0 bridgehead atoms. The van der Waals surface area contributed by atoms with Gasteiger partial charge in [-0.2, -0.15) is 0 Å². The van der Waals surface area contributed by atoms with Gasteiger partial charge in [-0.3, -0.25) is 4.79 Å². The van der Waals surface area contributed by atoms with Gasteiger partial charge in [0.1, 0.15) is 0 Å². The van der Waals surface area contributed by atoms with Crippen LogP contribution in [0.3, 0.4) is 0 Å². The van der Waals surface area contributed by atoms with Gasteiger partial charge >= 0.3 is 12.0 Å². The highest BCUT2D eigenvalue weighted by molar-refractivity contribution is 5.78. The van der Waals surface area contributed by atoms with Gasteiger partial charge in [0.25, 0.3) is 0 Å². The van der Waals surface area contributed by atoms with E-state index in [0.29, 0.717) is 24.8 Å². The summed E-state index contributed by atoms with van der Waals surface area (Å²) < 4.78 is 0. The van der Waals surface area contributed by atoms with Gasteiger partial charge in [0.05, 0.1) is 5.92 Å². The Bertz CT molecular complexity index is 390. The zero-order valence-corrected chi connectivity index (χ0v) is 12.1. The van der Waals surface area contributed by atoms with Crippen LogP contribution in [0.1, 0.15) is 39.0 Å². The lowest BCUT2D eigenvalue weighted by Gasteiger charge is -2.31. The van der Waals surface area contributed by atoms with E-state index < -0.39 is 11.9 Å². The van der Waals surface area contributed by atoms with E-state index in [0.717, 1.165) is 13.1 Å². The summed E-state index contributed by atoms with van der Waals surface area (Å²) in [5.74, 6) is 0.197. The van der Waals surface area contributed by atoms with Gasteiger partial charge in [-0.25, -0.2) is 4.79 Å². The minimum atomic E-state index is -0.774. The average molecular weight is 280 g/mol.